The van der Waals surface area contributed by atoms with Gasteiger partial charge in [-0.25, -0.2) is 4.39 Å². The summed E-state index contributed by atoms with van der Waals surface area (Å²) in [7, 11) is 3.13. The van der Waals surface area contributed by atoms with Gasteiger partial charge in [-0.1, -0.05) is 12.1 Å². The van der Waals surface area contributed by atoms with Gasteiger partial charge in [0.1, 0.15) is 17.3 Å². The number of methoxy groups -OCH3 is 2. The zero-order valence-electron chi connectivity index (χ0n) is 15.8. The van der Waals surface area contributed by atoms with Crippen LogP contribution >= 0.6 is 0 Å². The maximum Gasteiger partial charge on any atom is 0.256 e. The predicted octanol–water partition coefficient (Wildman–Crippen LogP) is 3.19. The first-order chi connectivity index (χ1) is 13.1. The van der Waals surface area contributed by atoms with Crippen molar-refractivity contribution in [3.63, 3.8) is 0 Å². The maximum absolute atomic E-state index is 14.2. The first-order valence-electron chi connectivity index (χ1n) is 9.09. The molecular weight excluding hydrogens is 347 g/mol. The third-order valence-electron chi connectivity index (χ3n) is 4.85. The van der Waals surface area contributed by atoms with Crippen molar-refractivity contribution in [2.24, 2.45) is 0 Å². The lowest BCUT2D eigenvalue weighted by atomic mass is 10.1. The average Bonchev–Trinajstić information content (AvgIpc) is 2.93. The molecule has 1 aliphatic rings. The molecule has 2 aromatic rings. The second-order valence-corrected chi connectivity index (χ2v) is 6.62. The van der Waals surface area contributed by atoms with E-state index in [2.05, 4.69) is 17.0 Å². The van der Waals surface area contributed by atoms with Crippen LogP contribution in [0, 0.1) is 5.82 Å². The molecule has 0 unspecified atom stereocenters. The number of hydrogen-bond acceptors (Lipinski definition) is 4. The molecule has 0 N–H and O–H groups in total. The van der Waals surface area contributed by atoms with E-state index in [4.69, 9.17) is 9.47 Å². The lowest BCUT2D eigenvalue weighted by Gasteiger charge is -2.22. The Hall–Kier alpha value is -2.60. The highest BCUT2D eigenvalue weighted by atomic mass is 19.1. The first kappa shape index (κ1) is 19.2. The molecule has 1 aliphatic heterocycles. The molecule has 6 heteroatoms. The molecule has 1 fully saturated rings. The Labute approximate surface area is 159 Å². The summed E-state index contributed by atoms with van der Waals surface area (Å²) in [6, 6.07) is 12.4. The molecule has 1 saturated heterocycles. The largest absolute Gasteiger partial charge is 0.497 e. The van der Waals surface area contributed by atoms with Gasteiger partial charge in [-0.2, -0.15) is 0 Å². The summed E-state index contributed by atoms with van der Waals surface area (Å²) in [6.07, 6.45) is 0.861. The lowest BCUT2D eigenvalue weighted by molar-refractivity contribution is 0.0756. The number of benzene rings is 2. The number of hydrogen-bond donors (Lipinski definition) is 0. The molecule has 0 spiro atoms. The van der Waals surface area contributed by atoms with Crippen molar-refractivity contribution in [3.05, 3.63) is 59.4 Å². The van der Waals surface area contributed by atoms with E-state index in [1.807, 2.05) is 12.1 Å². The van der Waals surface area contributed by atoms with E-state index in [1.54, 1.807) is 18.1 Å². The number of rotatable bonds is 5. The van der Waals surface area contributed by atoms with Crippen LogP contribution in [0.25, 0.3) is 0 Å². The molecule has 5 nitrogen and oxygen atoms in total. The summed E-state index contributed by atoms with van der Waals surface area (Å²) in [5.41, 5.74) is 1.30. The first-order valence-corrected chi connectivity index (χ1v) is 9.09. The van der Waals surface area contributed by atoms with Crippen molar-refractivity contribution >= 4 is 5.91 Å². The van der Waals surface area contributed by atoms with Gasteiger partial charge in [0.25, 0.3) is 5.91 Å². The second kappa shape index (κ2) is 8.86. The van der Waals surface area contributed by atoms with Crippen LogP contribution in [0.5, 0.6) is 11.5 Å². The van der Waals surface area contributed by atoms with Gasteiger partial charge in [0.2, 0.25) is 0 Å². The third-order valence-corrected chi connectivity index (χ3v) is 4.85. The molecule has 144 valence electrons. The molecule has 3 rings (SSSR count). The highest BCUT2D eigenvalue weighted by molar-refractivity contribution is 5.94. The Morgan fingerprint density at radius 3 is 2.33 bits per heavy atom. The number of carbonyl (C=O) groups is 1. The van der Waals surface area contributed by atoms with Crippen LogP contribution in [-0.2, 0) is 6.54 Å². The minimum atomic E-state index is -0.543. The van der Waals surface area contributed by atoms with Crippen molar-refractivity contribution in [2.75, 3.05) is 40.4 Å². The summed E-state index contributed by atoms with van der Waals surface area (Å²) in [5, 5.41) is 0. The number of nitrogens with zero attached hydrogens (tertiary/aromatic N) is 2. The van der Waals surface area contributed by atoms with Gasteiger partial charge in [-0.15, -0.1) is 0 Å². The molecular formula is C21H25FN2O3. The van der Waals surface area contributed by atoms with Crippen LogP contribution in [0.3, 0.4) is 0 Å². The fourth-order valence-electron chi connectivity index (χ4n) is 3.29. The van der Waals surface area contributed by atoms with Crippen molar-refractivity contribution in [2.45, 2.75) is 13.0 Å². The molecule has 1 heterocycles. The molecule has 0 bridgehead atoms. The van der Waals surface area contributed by atoms with Gasteiger partial charge in [-0.3, -0.25) is 9.69 Å². The average molecular weight is 372 g/mol. The Morgan fingerprint density at radius 1 is 0.963 bits per heavy atom. The molecule has 27 heavy (non-hydrogen) atoms. The number of amides is 1. The Kier molecular flexibility index (Phi) is 6.29. The lowest BCUT2D eigenvalue weighted by Crippen LogP contribution is -2.35. The van der Waals surface area contributed by atoms with E-state index in [-0.39, 0.29) is 11.5 Å². The quantitative estimate of drug-likeness (QED) is 0.808. The van der Waals surface area contributed by atoms with Crippen LogP contribution in [0.4, 0.5) is 4.39 Å². The summed E-state index contributed by atoms with van der Waals surface area (Å²) in [6.45, 7) is 3.70. The zero-order chi connectivity index (χ0) is 19.2. The molecule has 0 aliphatic carbocycles. The summed E-state index contributed by atoms with van der Waals surface area (Å²) >= 11 is 0. The van der Waals surface area contributed by atoms with Gasteiger partial charge in [0.15, 0.2) is 0 Å². The molecule has 0 atom stereocenters. The third kappa shape index (κ3) is 4.77. The molecule has 1 amide bonds. The van der Waals surface area contributed by atoms with Gasteiger partial charge in [0.05, 0.1) is 19.8 Å². The van der Waals surface area contributed by atoms with Crippen molar-refractivity contribution in [1.82, 2.24) is 9.80 Å². The van der Waals surface area contributed by atoms with Crippen molar-refractivity contribution in [1.29, 1.82) is 0 Å². The fraction of sp³-hybridized carbons (Fsp3) is 0.381. The predicted molar refractivity (Wildman–Crippen MR) is 102 cm³/mol. The minimum absolute atomic E-state index is 0.0967. The van der Waals surface area contributed by atoms with Gasteiger partial charge in [-0.05, 0) is 36.2 Å². The van der Waals surface area contributed by atoms with Crippen LogP contribution in [-0.4, -0.2) is 56.1 Å². The second-order valence-electron chi connectivity index (χ2n) is 6.62. The normalized spacial score (nSPS) is 15.3. The smallest absolute Gasteiger partial charge is 0.256 e. The molecule has 0 radical (unpaired) electrons. The Bertz CT molecular complexity index is 779. The Morgan fingerprint density at radius 2 is 1.67 bits per heavy atom. The summed E-state index contributed by atoms with van der Waals surface area (Å²) < 4.78 is 24.4. The van der Waals surface area contributed by atoms with E-state index in [0.717, 1.165) is 31.8 Å². The summed E-state index contributed by atoms with van der Waals surface area (Å²) in [4.78, 5) is 16.8. The van der Waals surface area contributed by atoms with Gasteiger partial charge < -0.3 is 14.4 Å². The molecule has 0 saturated carbocycles. The standard InChI is InChI=1S/C21H25FN2O3/c1-26-17-6-4-16(5-7-17)15-23-10-3-11-24(13-12-23)21(25)19-9-8-18(27-2)14-20(19)22/h4-9,14H,3,10-13,15H2,1-2H3. The number of halogens is 1. The SMILES string of the molecule is COc1ccc(CN2CCCN(C(=O)c3ccc(OC)cc3F)CC2)cc1. The Balaban J connectivity index is 1.61. The number of carbonyl (C=O) groups excluding carboxylic acids is 1. The van der Waals surface area contributed by atoms with Crippen LogP contribution in [0.2, 0.25) is 0 Å². The highest BCUT2D eigenvalue weighted by Crippen LogP contribution is 2.19. The van der Waals surface area contributed by atoms with Crippen molar-refractivity contribution < 1.29 is 18.7 Å². The molecule has 0 aromatic heterocycles. The van der Waals surface area contributed by atoms with E-state index < -0.39 is 5.82 Å². The summed E-state index contributed by atoms with van der Waals surface area (Å²) in [5.74, 6) is 0.443. The number of ether oxygens (including phenoxy) is 2. The van der Waals surface area contributed by atoms with Crippen LogP contribution in [0.15, 0.2) is 42.5 Å². The fourth-order valence-corrected chi connectivity index (χ4v) is 3.29. The topological polar surface area (TPSA) is 42.0 Å². The van der Waals surface area contributed by atoms with E-state index in [0.29, 0.717) is 18.8 Å². The molecule has 2 aromatic carbocycles. The van der Waals surface area contributed by atoms with Gasteiger partial charge >= 0.3 is 0 Å². The van der Waals surface area contributed by atoms with E-state index in [9.17, 15) is 9.18 Å². The van der Waals surface area contributed by atoms with Crippen LogP contribution < -0.4 is 9.47 Å². The van der Waals surface area contributed by atoms with Crippen LogP contribution in [0.1, 0.15) is 22.3 Å². The maximum atomic E-state index is 14.2. The minimum Gasteiger partial charge on any atom is -0.497 e. The zero-order valence-corrected chi connectivity index (χ0v) is 15.8. The van der Waals surface area contributed by atoms with E-state index in [1.165, 1.54) is 24.8 Å². The highest BCUT2D eigenvalue weighted by Gasteiger charge is 2.22. The van der Waals surface area contributed by atoms with Crippen molar-refractivity contribution in [3.8, 4) is 11.5 Å². The van der Waals surface area contributed by atoms with Gasteiger partial charge in [0, 0.05) is 38.8 Å². The monoisotopic (exact) mass is 372 g/mol. The van der Waals surface area contributed by atoms with E-state index >= 15 is 0 Å².